The predicted octanol–water partition coefficient (Wildman–Crippen LogP) is 8.29. The molecule has 0 aromatic heterocycles. The second-order valence-corrected chi connectivity index (χ2v) is 10.5. The lowest BCUT2D eigenvalue weighted by Gasteiger charge is -2.52. The third-order valence-electron chi connectivity index (χ3n) is 8.78. The average molecular weight is 372 g/mol. The Bertz CT molecular complexity index is 477. The predicted molar refractivity (Wildman–Crippen MR) is 115 cm³/mol. The topological polar surface area (TPSA) is 23.8 Å². The van der Waals surface area contributed by atoms with E-state index in [1.165, 1.54) is 109 Å². The van der Waals surface area contributed by atoms with Gasteiger partial charge in [-0.3, -0.25) is 0 Å². The van der Waals surface area contributed by atoms with Gasteiger partial charge in [0.25, 0.3) is 0 Å². The van der Waals surface area contributed by atoms with E-state index in [-0.39, 0.29) is 5.41 Å². The highest BCUT2D eigenvalue weighted by atomic mass is 14.5. The quantitative estimate of drug-likeness (QED) is 0.374. The minimum absolute atomic E-state index is 0.0402. The highest BCUT2D eigenvalue weighted by Crippen LogP contribution is 2.57. The van der Waals surface area contributed by atoms with Gasteiger partial charge in [-0.25, -0.2) is 0 Å². The summed E-state index contributed by atoms with van der Waals surface area (Å²) in [5.74, 6) is 4.93. The fourth-order valence-electron chi connectivity index (χ4n) is 7.23. The van der Waals surface area contributed by atoms with Crippen molar-refractivity contribution in [1.82, 2.24) is 0 Å². The van der Waals surface area contributed by atoms with Crippen LogP contribution in [0.2, 0.25) is 0 Å². The van der Waals surface area contributed by atoms with Gasteiger partial charge in [0.15, 0.2) is 0 Å². The molecule has 0 aliphatic heterocycles. The fraction of sp³-hybridized carbons (Fsp3) is 0.962. The first kappa shape index (κ1) is 21.2. The summed E-state index contributed by atoms with van der Waals surface area (Å²) in [5, 5.41) is 10.0. The van der Waals surface area contributed by atoms with Crippen LogP contribution in [0.3, 0.4) is 0 Å². The fourth-order valence-corrected chi connectivity index (χ4v) is 7.23. The molecule has 6 atom stereocenters. The molecule has 4 unspecified atom stereocenters. The molecular formula is C26H45N. The highest BCUT2D eigenvalue weighted by Gasteiger charge is 2.48. The van der Waals surface area contributed by atoms with Crippen LogP contribution in [0.25, 0.3) is 0 Å². The van der Waals surface area contributed by atoms with Crippen LogP contribution in [0.5, 0.6) is 0 Å². The Morgan fingerprint density at radius 3 is 2.33 bits per heavy atom. The molecule has 0 spiro atoms. The largest absolute Gasteiger partial charge is 0.198 e. The van der Waals surface area contributed by atoms with Crippen molar-refractivity contribution in [3.8, 4) is 6.07 Å². The number of hydrogen-bond donors (Lipinski definition) is 0. The molecular weight excluding hydrogens is 326 g/mol. The zero-order chi connectivity index (χ0) is 19.1. The van der Waals surface area contributed by atoms with Crippen molar-refractivity contribution in [2.45, 2.75) is 123 Å². The molecule has 0 radical (unpaired) electrons. The van der Waals surface area contributed by atoms with Gasteiger partial charge in [-0.15, -0.1) is 0 Å². The lowest BCUT2D eigenvalue weighted by molar-refractivity contribution is -0.0181. The van der Waals surface area contributed by atoms with E-state index in [2.05, 4.69) is 19.9 Å². The van der Waals surface area contributed by atoms with Crippen LogP contribution in [0.1, 0.15) is 123 Å². The van der Waals surface area contributed by atoms with Crippen molar-refractivity contribution in [2.75, 3.05) is 0 Å². The molecule has 1 heteroatoms. The molecule has 0 N–H and O–H groups in total. The van der Waals surface area contributed by atoms with Crippen LogP contribution < -0.4 is 0 Å². The van der Waals surface area contributed by atoms with Gasteiger partial charge in [0.2, 0.25) is 0 Å². The Morgan fingerprint density at radius 1 is 0.815 bits per heavy atom. The van der Waals surface area contributed by atoms with Crippen LogP contribution in [0, 0.1) is 46.3 Å². The molecule has 3 rings (SSSR count). The number of unbranched alkanes of at least 4 members (excludes halogenated alkanes) is 5. The first-order chi connectivity index (χ1) is 13.2. The van der Waals surface area contributed by atoms with Crippen molar-refractivity contribution in [2.24, 2.45) is 35.0 Å². The molecule has 0 heterocycles. The lowest BCUT2D eigenvalue weighted by Crippen LogP contribution is -2.44. The maximum atomic E-state index is 10.0. The molecule has 3 saturated carbocycles. The number of nitriles is 1. The molecule has 1 nitrogen and oxygen atoms in total. The number of fused-ring (bicyclic) bond motifs is 3. The van der Waals surface area contributed by atoms with Crippen LogP contribution in [-0.4, -0.2) is 0 Å². The third-order valence-corrected chi connectivity index (χ3v) is 8.78. The van der Waals surface area contributed by atoms with Gasteiger partial charge >= 0.3 is 0 Å². The monoisotopic (exact) mass is 371 g/mol. The summed E-state index contributed by atoms with van der Waals surface area (Å²) < 4.78 is 0. The molecule has 0 aromatic carbocycles. The Kier molecular flexibility index (Phi) is 8.10. The summed E-state index contributed by atoms with van der Waals surface area (Å²) in [4.78, 5) is 0. The van der Waals surface area contributed by atoms with E-state index in [4.69, 9.17) is 0 Å². The van der Waals surface area contributed by atoms with E-state index in [1.807, 2.05) is 0 Å². The maximum absolute atomic E-state index is 10.0. The summed E-state index contributed by atoms with van der Waals surface area (Å²) in [7, 11) is 0. The van der Waals surface area contributed by atoms with Crippen LogP contribution >= 0.6 is 0 Å². The SMILES string of the molecule is CCCCCCC[C@]1(C#N)CCC2C(CCC3C[C@H](CCCC)CCC32)C1. The van der Waals surface area contributed by atoms with Crippen LogP contribution in [0.4, 0.5) is 0 Å². The van der Waals surface area contributed by atoms with Crippen LogP contribution in [-0.2, 0) is 0 Å². The van der Waals surface area contributed by atoms with E-state index in [0.717, 1.165) is 29.6 Å². The molecule has 0 amide bonds. The van der Waals surface area contributed by atoms with Crippen molar-refractivity contribution in [1.29, 1.82) is 5.26 Å². The Hall–Kier alpha value is -0.510. The molecule has 154 valence electrons. The molecule has 27 heavy (non-hydrogen) atoms. The maximum Gasteiger partial charge on any atom is 0.0689 e. The van der Waals surface area contributed by atoms with Gasteiger partial charge in [0.1, 0.15) is 0 Å². The second kappa shape index (κ2) is 10.3. The lowest BCUT2D eigenvalue weighted by atomic mass is 9.52. The van der Waals surface area contributed by atoms with E-state index in [9.17, 15) is 5.26 Å². The van der Waals surface area contributed by atoms with Crippen molar-refractivity contribution in [3.05, 3.63) is 0 Å². The van der Waals surface area contributed by atoms with E-state index in [0.29, 0.717) is 0 Å². The third kappa shape index (κ3) is 5.31. The van der Waals surface area contributed by atoms with Crippen molar-refractivity contribution >= 4 is 0 Å². The summed E-state index contributed by atoms with van der Waals surface area (Å²) in [6, 6.07) is 2.84. The zero-order valence-corrected chi connectivity index (χ0v) is 18.4. The van der Waals surface area contributed by atoms with Gasteiger partial charge in [-0.1, -0.05) is 71.6 Å². The Morgan fingerprint density at radius 2 is 1.56 bits per heavy atom. The smallest absolute Gasteiger partial charge is 0.0689 e. The summed E-state index contributed by atoms with van der Waals surface area (Å²) >= 11 is 0. The van der Waals surface area contributed by atoms with E-state index in [1.54, 1.807) is 0 Å². The molecule has 3 aliphatic carbocycles. The Labute approximate surface area is 169 Å². The first-order valence-electron chi connectivity index (χ1n) is 12.6. The molecule has 0 aromatic rings. The van der Waals surface area contributed by atoms with Gasteiger partial charge in [0, 0.05) is 0 Å². The first-order valence-corrected chi connectivity index (χ1v) is 12.6. The molecule has 0 bridgehead atoms. The number of nitrogens with zero attached hydrogens (tertiary/aromatic N) is 1. The number of rotatable bonds is 9. The number of hydrogen-bond acceptors (Lipinski definition) is 1. The van der Waals surface area contributed by atoms with Gasteiger partial charge in [0.05, 0.1) is 11.5 Å². The Balaban J connectivity index is 1.51. The molecule has 0 saturated heterocycles. The minimum Gasteiger partial charge on any atom is -0.198 e. The standard InChI is InChI=1S/C26H45N/c1-3-5-7-8-9-16-26(20-27)17-15-25-23(19-26)13-12-22-18-21(10-6-4-2)11-14-24(22)25/h21-25H,3-19H2,1-2H3/t21-,22?,23?,24?,25?,26+/m1/s1. The van der Waals surface area contributed by atoms with Crippen LogP contribution in [0.15, 0.2) is 0 Å². The second-order valence-electron chi connectivity index (χ2n) is 10.5. The minimum atomic E-state index is 0.0402. The normalized spacial score (nSPS) is 38.6. The summed E-state index contributed by atoms with van der Waals surface area (Å²) in [6.45, 7) is 4.62. The summed E-state index contributed by atoms with van der Waals surface area (Å²) in [5.41, 5.74) is 0.0402. The van der Waals surface area contributed by atoms with Gasteiger partial charge < -0.3 is 0 Å². The van der Waals surface area contributed by atoms with Gasteiger partial charge in [-0.05, 0) is 81.0 Å². The van der Waals surface area contributed by atoms with Crippen molar-refractivity contribution < 1.29 is 0 Å². The molecule has 3 aliphatic rings. The summed E-state index contributed by atoms with van der Waals surface area (Å²) in [6.07, 6.45) is 23.4. The molecule has 3 fully saturated rings. The van der Waals surface area contributed by atoms with Crippen molar-refractivity contribution in [3.63, 3.8) is 0 Å². The van der Waals surface area contributed by atoms with E-state index >= 15 is 0 Å². The highest BCUT2D eigenvalue weighted by molar-refractivity contribution is 5.06. The van der Waals surface area contributed by atoms with E-state index < -0.39 is 0 Å². The zero-order valence-electron chi connectivity index (χ0n) is 18.4. The van der Waals surface area contributed by atoms with Gasteiger partial charge in [-0.2, -0.15) is 5.26 Å². The average Bonchev–Trinajstić information content (AvgIpc) is 2.71.